The van der Waals surface area contributed by atoms with Crippen molar-refractivity contribution in [1.29, 1.82) is 0 Å². The Kier molecular flexibility index (Phi) is 4.87. The first-order valence-corrected chi connectivity index (χ1v) is 4.26. The molecular formula is C10H17NY. The summed E-state index contributed by atoms with van der Waals surface area (Å²) in [5.74, 6) is 1.30. The van der Waals surface area contributed by atoms with Crippen molar-refractivity contribution in [3.8, 4) is 0 Å². The SMILES string of the molecule is CC1=NC(C)=C(C)[C@H](C)[C@@H]1C.[Y]. The normalized spacial score (nSPS) is 29.6. The molecule has 0 saturated carbocycles. The summed E-state index contributed by atoms with van der Waals surface area (Å²) in [6.45, 7) is 10.9. The van der Waals surface area contributed by atoms with Crippen LogP contribution in [-0.4, -0.2) is 5.71 Å². The second kappa shape index (κ2) is 4.67. The van der Waals surface area contributed by atoms with Gasteiger partial charge in [-0.25, -0.2) is 0 Å². The van der Waals surface area contributed by atoms with E-state index in [0.717, 1.165) is 0 Å². The van der Waals surface area contributed by atoms with Crippen LogP contribution in [0.3, 0.4) is 0 Å². The van der Waals surface area contributed by atoms with Gasteiger partial charge >= 0.3 is 0 Å². The first-order chi connectivity index (χ1) is 5.04. The molecule has 0 aromatic carbocycles. The molecule has 0 aromatic rings. The van der Waals surface area contributed by atoms with E-state index in [1.807, 2.05) is 0 Å². The van der Waals surface area contributed by atoms with Crippen molar-refractivity contribution in [2.75, 3.05) is 0 Å². The third-order valence-electron chi connectivity index (χ3n) is 3.01. The van der Waals surface area contributed by atoms with Gasteiger partial charge in [0.25, 0.3) is 0 Å². The third kappa shape index (κ3) is 2.26. The molecule has 0 aliphatic carbocycles. The van der Waals surface area contributed by atoms with Gasteiger partial charge in [-0.1, -0.05) is 13.8 Å². The van der Waals surface area contributed by atoms with Gasteiger partial charge in [0.15, 0.2) is 0 Å². The summed E-state index contributed by atoms with van der Waals surface area (Å²) in [5.41, 5.74) is 3.94. The number of nitrogens with zero attached hydrogens (tertiary/aromatic N) is 1. The Labute approximate surface area is 101 Å². The molecule has 1 nitrogen and oxygen atoms in total. The average Bonchev–Trinajstić information content (AvgIpc) is 1.97. The molecule has 0 N–H and O–H groups in total. The van der Waals surface area contributed by atoms with Crippen molar-refractivity contribution in [1.82, 2.24) is 0 Å². The topological polar surface area (TPSA) is 12.4 Å². The molecule has 65 valence electrons. The first-order valence-electron chi connectivity index (χ1n) is 4.26. The molecule has 0 unspecified atom stereocenters. The number of rotatable bonds is 0. The van der Waals surface area contributed by atoms with Crippen molar-refractivity contribution in [3.05, 3.63) is 11.3 Å². The Morgan fingerprint density at radius 1 is 1.00 bits per heavy atom. The van der Waals surface area contributed by atoms with Crippen LogP contribution in [0.1, 0.15) is 34.6 Å². The minimum absolute atomic E-state index is 0. The van der Waals surface area contributed by atoms with Crippen LogP contribution < -0.4 is 0 Å². The van der Waals surface area contributed by atoms with Crippen molar-refractivity contribution in [3.63, 3.8) is 0 Å². The molecule has 1 heterocycles. The van der Waals surface area contributed by atoms with Gasteiger partial charge in [0.05, 0.1) is 0 Å². The molecule has 2 heteroatoms. The summed E-state index contributed by atoms with van der Waals surface area (Å²) in [5, 5.41) is 0. The predicted octanol–water partition coefficient (Wildman–Crippen LogP) is 3.02. The molecule has 12 heavy (non-hydrogen) atoms. The Balaban J connectivity index is 0.00000121. The maximum atomic E-state index is 4.49. The second-order valence-corrected chi connectivity index (χ2v) is 3.60. The summed E-state index contributed by atoms with van der Waals surface area (Å²) in [4.78, 5) is 4.49. The van der Waals surface area contributed by atoms with Crippen LogP contribution in [-0.2, 0) is 32.7 Å². The van der Waals surface area contributed by atoms with Gasteiger partial charge in [0.2, 0.25) is 0 Å². The van der Waals surface area contributed by atoms with Crippen LogP contribution >= 0.6 is 0 Å². The van der Waals surface area contributed by atoms with Gasteiger partial charge in [-0.15, -0.1) is 0 Å². The predicted molar refractivity (Wildman–Crippen MR) is 49.8 cm³/mol. The maximum Gasteiger partial charge on any atom is 0.0364 e. The average molecular weight is 240 g/mol. The molecule has 2 atom stereocenters. The standard InChI is InChI=1S/C10H17N.Y/c1-6-7(2)9(4)11-10(5)8(6)3;/h6-7H,1-5H3;/t6-,7+;/m1./s1. The molecule has 1 aliphatic heterocycles. The fraction of sp³-hybridized carbons (Fsp3) is 0.700. The molecule has 1 radical (unpaired) electrons. The Morgan fingerprint density at radius 2 is 1.50 bits per heavy atom. The van der Waals surface area contributed by atoms with E-state index in [9.17, 15) is 0 Å². The van der Waals surface area contributed by atoms with E-state index in [4.69, 9.17) is 0 Å². The summed E-state index contributed by atoms with van der Waals surface area (Å²) < 4.78 is 0. The number of hydrogen-bond acceptors (Lipinski definition) is 1. The van der Waals surface area contributed by atoms with E-state index >= 15 is 0 Å². The molecule has 0 fully saturated rings. The number of allylic oxidation sites excluding steroid dienone is 2. The summed E-state index contributed by atoms with van der Waals surface area (Å²) in [6.07, 6.45) is 0. The van der Waals surface area contributed by atoms with Crippen LogP contribution in [0, 0.1) is 11.8 Å². The van der Waals surface area contributed by atoms with E-state index in [1.165, 1.54) is 17.0 Å². The molecule has 1 aliphatic rings. The monoisotopic (exact) mass is 240 g/mol. The molecule has 0 amide bonds. The van der Waals surface area contributed by atoms with Crippen LogP contribution in [0.15, 0.2) is 16.3 Å². The van der Waals surface area contributed by atoms with Crippen molar-refractivity contribution < 1.29 is 32.7 Å². The Bertz CT molecular complexity index is 228. The minimum atomic E-state index is 0. The van der Waals surface area contributed by atoms with Crippen molar-refractivity contribution >= 4 is 5.71 Å². The first kappa shape index (κ1) is 12.5. The quantitative estimate of drug-likeness (QED) is 0.617. The number of aliphatic imine (C=N–C) groups is 1. The smallest absolute Gasteiger partial charge is 0.0364 e. The van der Waals surface area contributed by atoms with Gasteiger partial charge in [-0.05, 0) is 32.3 Å². The summed E-state index contributed by atoms with van der Waals surface area (Å²) >= 11 is 0. The van der Waals surface area contributed by atoms with Crippen LogP contribution in [0.5, 0.6) is 0 Å². The largest absolute Gasteiger partial charge is 0.263 e. The zero-order valence-electron chi connectivity index (χ0n) is 8.68. The van der Waals surface area contributed by atoms with Gasteiger partial charge < -0.3 is 0 Å². The number of hydrogen-bond donors (Lipinski definition) is 0. The molecule has 0 saturated heterocycles. The zero-order valence-corrected chi connectivity index (χ0v) is 11.5. The fourth-order valence-electron chi connectivity index (χ4n) is 1.52. The summed E-state index contributed by atoms with van der Waals surface area (Å²) in [6, 6.07) is 0. The molecule has 0 spiro atoms. The summed E-state index contributed by atoms with van der Waals surface area (Å²) in [7, 11) is 0. The zero-order chi connectivity index (χ0) is 8.59. The van der Waals surface area contributed by atoms with E-state index in [1.54, 1.807) is 0 Å². The maximum absolute atomic E-state index is 4.49. The fourth-order valence-corrected chi connectivity index (χ4v) is 1.52. The van der Waals surface area contributed by atoms with E-state index in [0.29, 0.717) is 11.8 Å². The second-order valence-electron chi connectivity index (χ2n) is 3.60. The van der Waals surface area contributed by atoms with Gasteiger partial charge in [0, 0.05) is 50.0 Å². The van der Waals surface area contributed by atoms with Crippen LogP contribution in [0.25, 0.3) is 0 Å². The van der Waals surface area contributed by atoms with Crippen LogP contribution in [0.2, 0.25) is 0 Å². The van der Waals surface area contributed by atoms with Crippen molar-refractivity contribution in [2.45, 2.75) is 34.6 Å². The van der Waals surface area contributed by atoms with Gasteiger partial charge in [-0.2, -0.15) is 0 Å². The molecule has 1 rings (SSSR count). The molecule has 0 aromatic heterocycles. The van der Waals surface area contributed by atoms with Crippen molar-refractivity contribution in [2.24, 2.45) is 16.8 Å². The van der Waals surface area contributed by atoms with E-state index < -0.39 is 0 Å². The van der Waals surface area contributed by atoms with Gasteiger partial charge in [0.1, 0.15) is 0 Å². The molecule has 0 bridgehead atoms. The van der Waals surface area contributed by atoms with E-state index in [2.05, 4.69) is 39.6 Å². The minimum Gasteiger partial charge on any atom is -0.263 e. The molecular weight excluding hydrogens is 223 g/mol. The van der Waals surface area contributed by atoms with Gasteiger partial charge in [-0.3, -0.25) is 4.99 Å². The Hall–Kier alpha value is 0.514. The Morgan fingerprint density at radius 3 is 2.00 bits per heavy atom. The third-order valence-corrected chi connectivity index (χ3v) is 3.01. The van der Waals surface area contributed by atoms with E-state index in [-0.39, 0.29) is 32.7 Å². The van der Waals surface area contributed by atoms with Crippen LogP contribution in [0.4, 0.5) is 0 Å².